The normalized spacial score (nSPS) is 24.8. The van der Waals surface area contributed by atoms with E-state index in [0.717, 1.165) is 19.3 Å². The van der Waals surface area contributed by atoms with Gasteiger partial charge in [-0.25, -0.2) is 0 Å². The Hall–Kier alpha value is -0.900. The Morgan fingerprint density at radius 1 is 1.29 bits per heavy atom. The van der Waals surface area contributed by atoms with Crippen molar-refractivity contribution in [2.75, 3.05) is 13.2 Å². The summed E-state index contributed by atoms with van der Waals surface area (Å²) >= 11 is 0. The molecule has 0 amide bonds. The van der Waals surface area contributed by atoms with Crippen molar-refractivity contribution < 1.29 is 14.6 Å². The van der Waals surface area contributed by atoms with Gasteiger partial charge in [0, 0.05) is 13.2 Å². The standard InChI is InChI=1S/C14H20O3/c15-13-6-9-17-14(10-13)7-8-16-11-12-4-2-1-3-5-12/h1-5,13-15H,6-11H2. The van der Waals surface area contributed by atoms with Crippen molar-refractivity contribution in [2.45, 2.75) is 38.1 Å². The third-order valence-corrected chi connectivity index (χ3v) is 3.04. The van der Waals surface area contributed by atoms with Crippen molar-refractivity contribution in [3.63, 3.8) is 0 Å². The Morgan fingerprint density at radius 2 is 2.12 bits per heavy atom. The van der Waals surface area contributed by atoms with Crippen LogP contribution in [0.25, 0.3) is 0 Å². The van der Waals surface area contributed by atoms with Gasteiger partial charge in [-0.15, -0.1) is 0 Å². The first kappa shape index (κ1) is 12.6. The highest BCUT2D eigenvalue weighted by Gasteiger charge is 2.20. The number of ether oxygens (including phenoxy) is 2. The highest BCUT2D eigenvalue weighted by Crippen LogP contribution is 2.16. The van der Waals surface area contributed by atoms with Gasteiger partial charge in [0.1, 0.15) is 0 Å². The average Bonchev–Trinajstić information content (AvgIpc) is 2.36. The molecule has 1 aliphatic rings. The van der Waals surface area contributed by atoms with E-state index in [4.69, 9.17) is 9.47 Å². The molecule has 1 aromatic rings. The lowest BCUT2D eigenvalue weighted by Gasteiger charge is -2.26. The molecule has 0 spiro atoms. The summed E-state index contributed by atoms with van der Waals surface area (Å²) in [6, 6.07) is 10.1. The largest absolute Gasteiger partial charge is 0.393 e. The van der Waals surface area contributed by atoms with Crippen molar-refractivity contribution in [2.24, 2.45) is 0 Å². The summed E-state index contributed by atoms with van der Waals surface area (Å²) in [5.41, 5.74) is 1.19. The van der Waals surface area contributed by atoms with Gasteiger partial charge >= 0.3 is 0 Å². The minimum atomic E-state index is -0.192. The summed E-state index contributed by atoms with van der Waals surface area (Å²) in [5.74, 6) is 0. The van der Waals surface area contributed by atoms with Crippen LogP contribution in [0, 0.1) is 0 Å². The number of hydrogen-bond acceptors (Lipinski definition) is 3. The van der Waals surface area contributed by atoms with Gasteiger partial charge in [-0.1, -0.05) is 30.3 Å². The molecule has 1 aliphatic heterocycles. The Morgan fingerprint density at radius 3 is 2.88 bits per heavy atom. The van der Waals surface area contributed by atoms with E-state index in [1.54, 1.807) is 0 Å². The van der Waals surface area contributed by atoms with Crippen molar-refractivity contribution in [1.82, 2.24) is 0 Å². The fourth-order valence-corrected chi connectivity index (χ4v) is 2.04. The molecule has 0 aliphatic carbocycles. The van der Waals surface area contributed by atoms with Gasteiger partial charge in [0.15, 0.2) is 0 Å². The maximum absolute atomic E-state index is 9.49. The maximum Gasteiger partial charge on any atom is 0.0716 e. The molecule has 94 valence electrons. The third kappa shape index (κ3) is 4.46. The van der Waals surface area contributed by atoms with E-state index in [1.807, 2.05) is 18.2 Å². The van der Waals surface area contributed by atoms with Gasteiger partial charge in [0.2, 0.25) is 0 Å². The van der Waals surface area contributed by atoms with Crippen LogP contribution < -0.4 is 0 Å². The van der Waals surface area contributed by atoms with Crippen LogP contribution in [0.1, 0.15) is 24.8 Å². The molecule has 0 saturated carbocycles. The van der Waals surface area contributed by atoms with Gasteiger partial charge in [-0.2, -0.15) is 0 Å². The van der Waals surface area contributed by atoms with Gasteiger partial charge in [0.05, 0.1) is 18.8 Å². The summed E-state index contributed by atoms with van der Waals surface area (Å²) in [4.78, 5) is 0. The van der Waals surface area contributed by atoms with Crippen molar-refractivity contribution >= 4 is 0 Å². The minimum Gasteiger partial charge on any atom is -0.393 e. The first-order valence-electron chi connectivity index (χ1n) is 6.26. The molecule has 3 nitrogen and oxygen atoms in total. The van der Waals surface area contributed by atoms with Crippen LogP contribution in [0.4, 0.5) is 0 Å². The molecular formula is C14H20O3. The van der Waals surface area contributed by atoms with Crippen LogP contribution in [-0.2, 0) is 16.1 Å². The molecule has 1 N–H and O–H groups in total. The van der Waals surface area contributed by atoms with Gasteiger partial charge in [-0.3, -0.25) is 0 Å². The molecule has 1 heterocycles. The zero-order valence-corrected chi connectivity index (χ0v) is 10.0. The molecular weight excluding hydrogens is 216 g/mol. The molecule has 0 radical (unpaired) electrons. The van der Waals surface area contributed by atoms with Crippen LogP contribution in [-0.4, -0.2) is 30.5 Å². The fourth-order valence-electron chi connectivity index (χ4n) is 2.04. The monoisotopic (exact) mass is 236 g/mol. The Bertz CT molecular complexity index is 313. The number of rotatable bonds is 5. The third-order valence-electron chi connectivity index (χ3n) is 3.04. The van der Waals surface area contributed by atoms with Crippen LogP contribution in [0.15, 0.2) is 30.3 Å². The fraction of sp³-hybridized carbons (Fsp3) is 0.571. The zero-order valence-electron chi connectivity index (χ0n) is 10.0. The molecule has 1 fully saturated rings. The second-order valence-electron chi connectivity index (χ2n) is 4.50. The summed E-state index contributed by atoms with van der Waals surface area (Å²) in [6.07, 6.45) is 2.34. The highest BCUT2D eigenvalue weighted by atomic mass is 16.5. The second kappa shape index (κ2) is 6.74. The van der Waals surface area contributed by atoms with E-state index in [9.17, 15) is 5.11 Å². The minimum absolute atomic E-state index is 0.162. The number of hydrogen-bond donors (Lipinski definition) is 1. The smallest absolute Gasteiger partial charge is 0.0716 e. The van der Waals surface area contributed by atoms with Crippen LogP contribution in [0.2, 0.25) is 0 Å². The van der Waals surface area contributed by atoms with E-state index in [1.165, 1.54) is 5.56 Å². The summed E-state index contributed by atoms with van der Waals surface area (Å²) in [6.45, 7) is 2.01. The van der Waals surface area contributed by atoms with E-state index in [-0.39, 0.29) is 12.2 Å². The van der Waals surface area contributed by atoms with Crippen LogP contribution in [0.3, 0.4) is 0 Å². The number of aliphatic hydroxyl groups is 1. The molecule has 3 heteroatoms. The quantitative estimate of drug-likeness (QED) is 0.796. The van der Waals surface area contributed by atoms with Crippen molar-refractivity contribution in [1.29, 1.82) is 0 Å². The molecule has 1 aromatic carbocycles. The first-order valence-corrected chi connectivity index (χ1v) is 6.26. The van der Waals surface area contributed by atoms with E-state index < -0.39 is 0 Å². The zero-order chi connectivity index (χ0) is 11.9. The molecule has 2 atom stereocenters. The summed E-state index contributed by atoms with van der Waals surface area (Å²) in [7, 11) is 0. The van der Waals surface area contributed by atoms with E-state index in [2.05, 4.69) is 12.1 Å². The Labute approximate surface area is 102 Å². The molecule has 17 heavy (non-hydrogen) atoms. The Kier molecular flexibility index (Phi) is 4.98. The Balaban J connectivity index is 1.60. The molecule has 0 aromatic heterocycles. The summed E-state index contributed by atoms with van der Waals surface area (Å²) in [5, 5.41) is 9.49. The average molecular weight is 236 g/mol. The second-order valence-corrected chi connectivity index (χ2v) is 4.50. The highest BCUT2D eigenvalue weighted by molar-refractivity contribution is 5.13. The molecule has 2 unspecified atom stereocenters. The van der Waals surface area contributed by atoms with Gasteiger partial charge in [-0.05, 0) is 24.8 Å². The maximum atomic E-state index is 9.49. The van der Waals surface area contributed by atoms with Gasteiger partial charge in [0.25, 0.3) is 0 Å². The lowest BCUT2D eigenvalue weighted by atomic mass is 10.0. The SMILES string of the molecule is OC1CCOC(CCOCc2ccccc2)C1. The van der Waals surface area contributed by atoms with Crippen molar-refractivity contribution in [3.05, 3.63) is 35.9 Å². The van der Waals surface area contributed by atoms with E-state index >= 15 is 0 Å². The molecule has 0 bridgehead atoms. The predicted molar refractivity (Wildman–Crippen MR) is 65.7 cm³/mol. The first-order chi connectivity index (χ1) is 8.34. The molecule has 1 saturated heterocycles. The topological polar surface area (TPSA) is 38.7 Å². The molecule has 2 rings (SSSR count). The summed E-state index contributed by atoms with van der Waals surface area (Å²) < 4.78 is 11.2. The number of benzene rings is 1. The lowest BCUT2D eigenvalue weighted by Crippen LogP contribution is -2.29. The number of aliphatic hydroxyl groups excluding tert-OH is 1. The lowest BCUT2D eigenvalue weighted by molar-refractivity contribution is -0.0567. The van der Waals surface area contributed by atoms with Crippen LogP contribution in [0.5, 0.6) is 0 Å². The predicted octanol–water partition coefficient (Wildman–Crippen LogP) is 2.13. The van der Waals surface area contributed by atoms with E-state index in [0.29, 0.717) is 19.8 Å². The van der Waals surface area contributed by atoms with Crippen molar-refractivity contribution in [3.8, 4) is 0 Å². The van der Waals surface area contributed by atoms with Crippen LogP contribution >= 0.6 is 0 Å². The van der Waals surface area contributed by atoms with Gasteiger partial charge < -0.3 is 14.6 Å².